The summed E-state index contributed by atoms with van der Waals surface area (Å²) in [5, 5.41) is 1.31. The molecule has 0 spiro atoms. The molecule has 0 saturated carbocycles. The standard InChI is InChI=1S/C16H13F2NO4S2/c17-15-5-1-13(2-6-15)9-11-24(20,21)19-25(22,23)12-10-14-3-7-16(18)8-4-14/h1-12,19H. The van der Waals surface area contributed by atoms with Crippen LogP contribution in [0.25, 0.3) is 12.2 Å². The van der Waals surface area contributed by atoms with Crippen molar-refractivity contribution in [2.24, 2.45) is 0 Å². The lowest BCUT2D eigenvalue weighted by Crippen LogP contribution is -2.26. The van der Waals surface area contributed by atoms with Crippen LogP contribution in [-0.2, 0) is 20.0 Å². The van der Waals surface area contributed by atoms with Crippen molar-refractivity contribution in [3.8, 4) is 0 Å². The first-order valence-electron chi connectivity index (χ1n) is 6.81. The van der Waals surface area contributed by atoms with E-state index < -0.39 is 31.7 Å². The minimum absolute atomic E-state index is 0.381. The molecule has 0 bridgehead atoms. The molecule has 0 radical (unpaired) electrons. The van der Waals surface area contributed by atoms with Gasteiger partial charge in [-0.15, -0.1) is 4.13 Å². The van der Waals surface area contributed by atoms with E-state index >= 15 is 0 Å². The number of nitrogens with one attached hydrogen (secondary N) is 1. The SMILES string of the molecule is O=S(=O)(C=Cc1ccc(F)cc1)NS(=O)(=O)C=Cc1ccc(F)cc1. The van der Waals surface area contributed by atoms with E-state index in [1.54, 1.807) is 0 Å². The van der Waals surface area contributed by atoms with Crippen LogP contribution in [0.1, 0.15) is 11.1 Å². The molecule has 1 N–H and O–H groups in total. The van der Waals surface area contributed by atoms with Crippen LogP contribution in [0, 0.1) is 11.6 Å². The zero-order valence-electron chi connectivity index (χ0n) is 12.6. The highest BCUT2D eigenvalue weighted by Crippen LogP contribution is 2.08. The third kappa shape index (κ3) is 6.57. The van der Waals surface area contributed by atoms with Gasteiger partial charge in [-0.2, -0.15) is 0 Å². The Morgan fingerprint density at radius 1 is 0.640 bits per heavy atom. The molecule has 25 heavy (non-hydrogen) atoms. The molecule has 2 aromatic rings. The monoisotopic (exact) mass is 385 g/mol. The summed E-state index contributed by atoms with van der Waals surface area (Å²) in [5.74, 6) is -0.960. The normalized spacial score (nSPS) is 12.9. The molecule has 0 amide bonds. The van der Waals surface area contributed by atoms with E-state index in [0.717, 1.165) is 36.4 Å². The van der Waals surface area contributed by atoms with Gasteiger partial charge in [0.1, 0.15) is 11.6 Å². The Hall–Kier alpha value is -2.36. The first-order valence-corrected chi connectivity index (χ1v) is 9.90. The summed E-state index contributed by atoms with van der Waals surface area (Å²) >= 11 is 0. The Balaban J connectivity index is 2.09. The molecule has 0 fully saturated rings. The van der Waals surface area contributed by atoms with Gasteiger partial charge in [-0.25, -0.2) is 25.6 Å². The van der Waals surface area contributed by atoms with Gasteiger partial charge in [-0.05, 0) is 47.5 Å². The van der Waals surface area contributed by atoms with Crippen molar-refractivity contribution in [2.75, 3.05) is 0 Å². The van der Waals surface area contributed by atoms with E-state index in [1.807, 2.05) is 0 Å². The van der Waals surface area contributed by atoms with Gasteiger partial charge in [0.05, 0.1) is 0 Å². The lowest BCUT2D eigenvalue weighted by atomic mass is 10.2. The quantitative estimate of drug-likeness (QED) is 0.829. The first-order chi connectivity index (χ1) is 11.7. The Kier molecular flexibility index (Phi) is 5.83. The van der Waals surface area contributed by atoms with E-state index in [0.29, 0.717) is 21.9 Å². The second-order valence-electron chi connectivity index (χ2n) is 4.88. The summed E-state index contributed by atoms with van der Waals surface area (Å²) in [6.45, 7) is 0. The molecule has 2 rings (SSSR count). The second-order valence-corrected chi connectivity index (χ2v) is 8.27. The van der Waals surface area contributed by atoms with Crippen molar-refractivity contribution < 1.29 is 25.6 Å². The van der Waals surface area contributed by atoms with Gasteiger partial charge < -0.3 is 0 Å². The molecule has 0 saturated heterocycles. The number of halogens is 2. The van der Waals surface area contributed by atoms with Crippen LogP contribution in [0.2, 0.25) is 0 Å². The fourth-order valence-corrected chi connectivity index (χ4v) is 4.11. The molecule has 0 aliphatic carbocycles. The van der Waals surface area contributed by atoms with E-state index in [9.17, 15) is 25.6 Å². The number of benzene rings is 2. The lowest BCUT2D eigenvalue weighted by Gasteiger charge is -2.01. The smallest absolute Gasteiger partial charge is 0.207 e. The maximum absolute atomic E-state index is 12.8. The molecule has 0 atom stereocenters. The highest BCUT2D eigenvalue weighted by molar-refractivity contribution is 8.07. The minimum atomic E-state index is -4.28. The van der Waals surface area contributed by atoms with Crippen molar-refractivity contribution in [3.05, 3.63) is 82.1 Å². The van der Waals surface area contributed by atoms with Gasteiger partial charge in [0.15, 0.2) is 0 Å². The predicted octanol–water partition coefficient (Wildman–Crippen LogP) is 2.86. The van der Waals surface area contributed by atoms with Crippen LogP contribution in [0.15, 0.2) is 59.3 Å². The average Bonchev–Trinajstić information content (AvgIpc) is 2.53. The third-order valence-corrected chi connectivity index (χ3v) is 5.70. The van der Waals surface area contributed by atoms with Gasteiger partial charge in [-0.3, -0.25) is 0 Å². The van der Waals surface area contributed by atoms with Crippen molar-refractivity contribution >= 4 is 32.2 Å². The molecule has 2 aromatic carbocycles. The van der Waals surface area contributed by atoms with Crippen molar-refractivity contribution in [1.82, 2.24) is 4.13 Å². The van der Waals surface area contributed by atoms with Crippen LogP contribution in [0.5, 0.6) is 0 Å². The van der Waals surface area contributed by atoms with Crippen molar-refractivity contribution in [1.29, 1.82) is 0 Å². The molecule has 0 unspecified atom stereocenters. The Morgan fingerprint density at radius 3 is 1.28 bits per heavy atom. The van der Waals surface area contributed by atoms with Gasteiger partial charge in [-0.1, -0.05) is 24.3 Å². The summed E-state index contributed by atoms with van der Waals surface area (Å²) < 4.78 is 74.3. The molecule has 5 nitrogen and oxygen atoms in total. The first kappa shape index (κ1) is 19.0. The summed E-state index contributed by atoms with van der Waals surface area (Å²) in [6.07, 6.45) is 2.25. The summed E-state index contributed by atoms with van der Waals surface area (Å²) in [5.41, 5.74) is 0.761. The van der Waals surface area contributed by atoms with E-state index in [4.69, 9.17) is 0 Å². The van der Waals surface area contributed by atoms with E-state index in [2.05, 4.69) is 0 Å². The topological polar surface area (TPSA) is 80.3 Å². The fraction of sp³-hybridized carbons (Fsp3) is 0. The van der Waals surface area contributed by atoms with Crippen LogP contribution >= 0.6 is 0 Å². The van der Waals surface area contributed by atoms with Crippen molar-refractivity contribution in [2.45, 2.75) is 0 Å². The largest absolute Gasteiger partial charge is 0.246 e. The van der Waals surface area contributed by atoms with Gasteiger partial charge >= 0.3 is 0 Å². The van der Waals surface area contributed by atoms with Gasteiger partial charge in [0.2, 0.25) is 20.0 Å². The summed E-state index contributed by atoms with van der Waals surface area (Å²) in [6, 6.07) is 9.91. The van der Waals surface area contributed by atoms with Crippen LogP contribution in [0.3, 0.4) is 0 Å². The summed E-state index contributed by atoms with van der Waals surface area (Å²) in [4.78, 5) is 0. The number of rotatable bonds is 6. The van der Waals surface area contributed by atoms with Crippen LogP contribution in [0.4, 0.5) is 8.78 Å². The fourth-order valence-electron chi connectivity index (χ4n) is 1.70. The van der Waals surface area contributed by atoms with E-state index in [-0.39, 0.29) is 0 Å². The lowest BCUT2D eigenvalue weighted by molar-refractivity contribution is 0.587. The molecule has 9 heteroatoms. The van der Waals surface area contributed by atoms with Crippen LogP contribution < -0.4 is 4.13 Å². The highest BCUT2D eigenvalue weighted by Gasteiger charge is 2.15. The average molecular weight is 385 g/mol. The predicted molar refractivity (Wildman–Crippen MR) is 91.8 cm³/mol. The molecule has 0 heterocycles. The van der Waals surface area contributed by atoms with Gasteiger partial charge in [0, 0.05) is 10.8 Å². The van der Waals surface area contributed by atoms with E-state index in [1.165, 1.54) is 28.4 Å². The minimum Gasteiger partial charge on any atom is -0.207 e. The van der Waals surface area contributed by atoms with Gasteiger partial charge in [0.25, 0.3) is 0 Å². The highest BCUT2D eigenvalue weighted by atomic mass is 32.3. The zero-order chi connectivity index (χ0) is 18.5. The Bertz CT molecular complexity index is 912. The molecule has 0 aliphatic rings. The molecule has 0 aromatic heterocycles. The Labute approximate surface area is 144 Å². The van der Waals surface area contributed by atoms with Crippen LogP contribution in [-0.4, -0.2) is 16.8 Å². The molecule has 132 valence electrons. The van der Waals surface area contributed by atoms with Crippen molar-refractivity contribution in [3.63, 3.8) is 0 Å². The maximum atomic E-state index is 12.8. The number of hydrogen-bond donors (Lipinski definition) is 1. The molecular formula is C16H13F2NO4S2. The number of sulfonamides is 2. The maximum Gasteiger partial charge on any atom is 0.246 e. The molecule has 0 aliphatic heterocycles. The summed E-state index contributed by atoms with van der Waals surface area (Å²) in [7, 11) is -8.56. The molecular weight excluding hydrogens is 372 g/mol. The zero-order valence-corrected chi connectivity index (χ0v) is 14.3. The third-order valence-electron chi connectivity index (χ3n) is 2.85. The second kappa shape index (κ2) is 7.68. The Morgan fingerprint density at radius 2 is 0.960 bits per heavy atom. The number of hydrogen-bond acceptors (Lipinski definition) is 4.